The van der Waals surface area contributed by atoms with Crippen LogP contribution >= 0.6 is 11.6 Å². The quantitative estimate of drug-likeness (QED) is 0.603. The Balaban J connectivity index is 1.84. The van der Waals surface area contributed by atoms with Crippen molar-refractivity contribution >= 4 is 11.6 Å². The predicted octanol–water partition coefficient (Wildman–Crippen LogP) is 3.80. The van der Waals surface area contributed by atoms with Gasteiger partial charge in [0.1, 0.15) is 17.3 Å². The van der Waals surface area contributed by atoms with Crippen molar-refractivity contribution in [1.29, 1.82) is 0 Å². The molecular weight excluding hydrogens is 328 g/mol. The van der Waals surface area contributed by atoms with Crippen LogP contribution in [0.1, 0.15) is 11.1 Å². The van der Waals surface area contributed by atoms with E-state index in [0.29, 0.717) is 45.8 Å². The van der Waals surface area contributed by atoms with E-state index >= 15 is 0 Å². The maximum atomic E-state index is 12.5. The van der Waals surface area contributed by atoms with Gasteiger partial charge < -0.3 is 14.5 Å². The molecule has 0 amide bonds. The molecule has 4 rings (SSSR count). The highest BCUT2D eigenvalue weighted by atomic mass is 35.5. The first-order valence-electron chi connectivity index (χ1n) is 7.38. The number of hydrogen-bond donors (Lipinski definition) is 1. The van der Waals surface area contributed by atoms with Crippen molar-refractivity contribution < 1.29 is 9.47 Å². The van der Waals surface area contributed by atoms with Crippen molar-refractivity contribution in [3.63, 3.8) is 0 Å². The molecule has 0 atom stereocenters. The molecule has 0 aliphatic carbocycles. The minimum absolute atomic E-state index is 0.230. The lowest BCUT2D eigenvalue weighted by atomic mass is 10.0. The van der Waals surface area contributed by atoms with Crippen LogP contribution in [-0.2, 0) is 6.42 Å². The van der Waals surface area contributed by atoms with Crippen molar-refractivity contribution in [3.8, 4) is 28.8 Å². The molecule has 0 fully saturated rings. The van der Waals surface area contributed by atoms with Gasteiger partial charge >= 0.3 is 0 Å². The molecule has 3 aromatic rings. The zero-order chi connectivity index (χ0) is 16.7. The largest absolute Gasteiger partial charge is 0.496 e. The van der Waals surface area contributed by atoms with E-state index in [0.717, 1.165) is 5.56 Å². The standard InChI is InChI=1S/C18H13ClN2O3/c1-23-15-5-3-2-4-12(15)16-20-17(22)13-9-10-8-11(19)6-7-14(10)24-18(13)21-16/h2-8H,9H2,1H3,(H,20,21,22). The number of fused-ring (bicyclic) bond motifs is 2. The fourth-order valence-corrected chi connectivity index (χ4v) is 2.96. The second-order valence-electron chi connectivity index (χ2n) is 5.43. The van der Waals surface area contributed by atoms with Gasteiger partial charge in [0.15, 0.2) is 0 Å². The van der Waals surface area contributed by atoms with E-state index in [-0.39, 0.29) is 5.56 Å². The van der Waals surface area contributed by atoms with Gasteiger partial charge in [0.25, 0.3) is 5.56 Å². The lowest BCUT2D eigenvalue weighted by molar-refractivity contribution is 0.415. The molecule has 0 bridgehead atoms. The molecule has 1 N–H and O–H groups in total. The van der Waals surface area contributed by atoms with Gasteiger partial charge in [0.2, 0.25) is 5.88 Å². The maximum Gasteiger partial charge on any atom is 0.258 e. The first-order valence-corrected chi connectivity index (χ1v) is 7.76. The minimum Gasteiger partial charge on any atom is -0.496 e. The summed E-state index contributed by atoms with van der Waals surface area (Å²) >= 11 is 6.01. The summed E-state index contributed by atoms with van der Waals surface area (Å²) < 4.78 is 11.2. The SMILES string of the molecule is COc1ccccc1-c1nc2c(c(=O)[nH]1)Cc1cc(Cl)ccc1O2. The molecule has 6 heteroatoms. The third-order valence-electron chi connectivity index (χ3n) is 3.94. The van der Waals surface area contributed by atoms with Crippen LogP contribution in [0.15, 0.2) is 47.3 Å². The molecule has 1 aliphatic heterocycles. The molecule has 2 aromatic carbocycles. The third-order valence-corrected chi connectivity index (χ3v) is 4.17. The van der Waals surface area contributed by atoms with E-state index in [1.165, 1.54) is 0 Å². The van der Waals surface area contributed by atoms with Gasteiger partial charge in [-0.05, 0) is 30.3 Å². The predicted molar refractivity (Wildman–Crippen MR) is 91.2 cm³/mol. The van der Waals surface area contributed by atoms with Gasteiger partial charge in [-0.3, -0.25) is 4.79 Å². The first kappa shape index (κ1) is 14.8. The number of rotatable bonds is 2. The number of hydrogen-bond acceptors (Lipinski definition) is 4. The summed E-state index contributed by atoms with van der Waals surface area (Å²) in [5.74, 6) is 2.02. The molecule has 2 heterocycles. The first-order chi connectivity index (χ1) is 11.7. The van der Waals surface area contributed by atoms with Crippen LogP contribution in [0.2, 0.25) is 5.02 Å². The van der Waals surface area contributed by atoms with Crippen molar-refractivity contribution in [1.82, 2.24) is 9.97 Å². The number of nitrogens with one attached hydrogen (secondary N) is 1. The van der Waals surface area contributed by atoms with Crippen molar-refractivity contribution in [3.05, 3.63) is 69.0 Å². The second kappa shape index (κ2) is 5.69. The van der Waals surface area contributed by atoms with Crippen LogP contribution in [0, 0.1) is 0 Å². The normalized spacial score (nSPS) is 12.1. The molecule has 5 nitrogen and oxygen atoms in total. The van der Waals surface area contributed by atoms with E-state index in [2.05, 4.69) is 9.97 Å². The summed E-state index contributed by atoms with van der Waals surface area (Å²) in [7, 11) is 1.58. The number of aromatic nitrogens is 2. The molecule has 1 aliphatic rings. The van der Waals surface area contributed by atoms with Gasteiger partial charge in [-0.25, -0.2) is 0 Å². The average Bonchev–Trinajstić information content (AvgIpc) is 2.60. The Morgan fingerprint density at radius 3 is 2.92 bits per heavy atom. The summed E-state index contributed by atoms with van der Waals surface area (Å²) in [5, 5.41) is 0.607. The van der Waals surface area contributed by atoms with Crippen molar-refractivity contribution in [2.75, 3.05) is 7.11 Å². The Labute approximate surface area is 142 Å². The van der Waals surface area contributed by atoms with Crippen LogP contribution in [0.25, 0.3) is 11.4 Å². The monoisotopic (exact) mass is 340 g/mol. The van der Waals surface area contributed by atoms with E-state index in [9.17, 15) is 4.79 Å². The van der Waals surface area contributed by atoms with Crippen LogP contribution in [0.3, 0.4) is 0 Å². The number of halogens is 1. The fourth-order valence-electron chi connectivity index (χ4n) is 2.77. The summed E-state index contributed by atoms with van der Waals surface area (Å²) in [6.45, 7) is 0. The van der Waals surface area contributed by atoms with Crippen LogP contribution in [-0.4, -0.2) is 17.1 Å². The van der Waals surface area contributed by atoms with E-state index in [1.54, 1.807) is 25.3 Å². The Hall–Kier alpha value is -2.79. The molecule has 24 heavy (non-hydrogen) atoms. The smallest absolute Gasteiger partial charge is 0.258 e. The lowest BCUT2D eigenvalue weighted by Crippen LogP contribution is -2.20. The third kappa shape index (κ3) is 2.43. The van der Waals surface area contributed by atoms with E-state index in [4.69, 9.17) is 21.1 Å². The summed E-state index contributed by atoms with van der Waals surface area (Å²) in [5.41, 5.74) is 1.83. The van der Waals surface area contributed by atoms with Gasteiger partial charge in [-0.1, -0.05) is 23.7 Å². The molecular formula is C18H13ClN2O3. The molecule has 1 aromatic heterocycles. The topological polar surface area (TPSA) is 64.2 Å². The summed E-state index contributed by atoms with van der Waals surface area (Å²) in [4.78, 5) is 19.8. The highest BCUT2D eigenvalue weighted by Gasteiger charge is 2.23. The Kier molecular flexibility index (Phi) is 3.50. The highest BCUT2D eigenvalue weighted by Crippen LogP contribution is 2.36. The summed E-state index contributed by atoms with van der Waals surface area (Å²) in [6, 6.07) is 12.7. The second-order valence-corrected chi connectivity index (χ2v) is 5.87. The van der Waals surface area contributed by atoms with Gasteiger partial charge in [-0.2, -0.15) is 4.98 Å². The molecule has 0 spiro atoms. The van der Waals surface area contributed by atoms with E-state index in [1.807, 2.05) is 24.3 Å². The molecule has 0 radical (unpaired) electrons. The maximum absolute atomic E-state index is 12.5. The average molecular weight is 341 g/mol. The number of aromatic amines is 1. The molecule has 0 unspecified atom stereocenters. The number of ether oxygens (including phenoxy) is 2. The van der Waals surface area contributed by atoms with Gasteiger partial charge in [0, 0.05) is 17.0 Å². The van der Waals surface area contributed by atoms with Gasteiger partial charge in [-0.15, -0.1) is 0 Å². The molecule has 120 valence electrons. The number of nitrogens with zero attached hydrogens (tertiary/aromatic N) is 1. The number of H-pyrrole nitrogens is 1. The van der Waals surface area contributed by atoms with Crippen molar-refractivity contribution in [2.45, 2.75) is 6.42 Å². The Morgan fingerprint density at radius 2 is 2.08 bits per heavy atom. The van der Waals surface area contributed by atoms with E-state index < -0.39 is 0 Å². The van der Waals surface area contributed by atoms with Crippen LogP contribution in [0.5, 0.6) is 17.4 Å². The Bertz CT molecular complexity index is 998. The van der Waals surface area contributed by atoms with Gasteiger partial charge in [0.05, 0.1) is 18.2 Å². The van der Waals surface area contributed by atoms with Crippen LogP contribution < -0.4 is 15.0 Å². The summed E-state index contributed by atoms with van der Waals surface area (Å²) in [6.07, 6.45) is 0.430. The number of para-hydroxylation sites is 1. The van der Waals surface area contributed by atoms with Crippen LogP contribution in [0.4, 0.5) is 0 Å². The zero-order valence-corrected chi connectivity index (χ0v) is 13.6. The minimum atomic E-state index is -0.230. The Morgan fingerprint density at radius 1 is 1.25 bits per heavy atom. The number of methoxy groups -OCH3 is 1. The fraction of sp³-hybridized carbons (Fsp3) is 0.111. The number of benzene rings is 2. The zero-order valence-electron chi connectivity index (χ0n) is 12.8. The lowest BCUT2D eigenvalue weighted by Gasteiger charge is -2.19. The molecule has 0 saturated carbocycles. The highest BCUT2D eigenvalue weighted by molar-refractivity contribution is 6.30. The molecule has 0 saturated heterocycles. The van der Waals surface area contributed by atoms with Crippen molar-refractivity contribution in [2.24, 2.45) is 0 Å².